The van der Waals surface area contributed by atoms with E-state index in [0.717, 1.165) is 37.3 Å². The Hall–Kier alpha value is -2.67. The van der Waals surface area contributed by atoms with Crippen LogP contribution in [0.4, 0.5) is 4.79 Å². The first-order chi connectivity index (χ1) is 13.0. The molecule has 0 saturated carbocycles. The molecule has 1 aromatic rings. The third-order valence-corrected chi connectivity index (χ3v) is 5.53. The Morgan fingerprint density at radius 3 is 2.52 bits per heavy atom. The topological polar surface area (TPSA) is 68.3 Å². The lowest BCUT2D eigenvalue weighted by Gasteiger charge is -2.31. The molecule has 0 aromatic heterocycles. The number of hydrogen-bond donors (Lipinski definition) is 0. The maximum atomic E-state index is 12.3. The molecule has 4 rings (SSSR count). The van der Waals surface area contributed by atoms with E-state index in [0.29, 0.717) is 24.1 Å². The third kappa shape index (κ3) is 3.47. The molecule has 0 unspecified atom stereocenters. The van der Waals surface area contributed by atoms with Gasteiger partial charge < -0.3 is 0 Å². The van der Waals surface area contributed by atoms with Crippen LogP contribution in [-0.4, -0.2) is 77.4 Å². The van der Waals surface area contributed by atoms with E-state index in [2.05, 4.69) is 45.2 Å². The van der Waals surface area contributed by atoms with Crippen LogP contribution in [0.3, 0.4) is 0 Å². The Kier molecular flexibility index (Phi) is 4.70. The zero-order valence-electron chi connectivity index (χ0n) is 15.8. The SMILES string of the molecule is CN1C(=O)C2=NC(CN3CCC(Cc4ccccc4)CC3)=NC2=[N+](C)C1=O. The lowest BCUT2D eigenvalue weighted by Crippen LogP contribution is -2.51. The number of carbonyl (C=O) groups excluding carboxylic acids is 2. The Labute approximate surface area is 158 Å². The van der Waals surface area contributed by atoms with E-state index in [1.54, 1.807) is 7.05 Å². The van der Waals surface area contributed by atoms with E-state index in [-0.39, 0.29) is 17.6 Å². The van der Waals surface area contributed by atoms with Crippen molar-refractivity contribution in [1.82, 2.24) is 9.80 Å². The second-order valence-corrected chi connectivity index (χ2v) is 7.43. The summed E-state index contributed by atoms with van der Waals surface area (Å²) in [6.07, 6.45) is 3.42. The van der Waals surface area contributed by atoms with Gasteiger partial charge in [-0.1, -0.05) is 35.3 Å². The quantitative estimate of drug-likeness (QED) is 0.757. The number of urea groups is 1. The fourth-order valence-electron chi connectivity index (χ4n) is 3.88. The van der Waals surface area contributed by atoms with Gasteiger partial charge in [-0.05, 0) is 43.8 Å². The molecule has 0 atom stereocenters. The summed E-state index contributed by atoms with van der Waals surface area (Å²) in [5.74, 6) is 1.31. The maximum Gasteiger partial charge on any atom is 0.446 e. The lowest BCUT2D eigenvalue weighted by molar-refractivity contribution is -0.401. The molecule has 3 aliphatic heterocycles. The molecule has 0 spiro atoms. The summed E-state index contributed by atoms with van der Waals surface area (Å²) >= 11 is 0. The van der Waals surface area contributed by atoms with Gasteiger partial charge in [-0.25, -0.2) is 14.6 Å². The summed E-state index contributed by atoms with van der Waals surface area (Å²) in [4.78, 5) is 36.6. The molecule has 0 bridgehead atoms. The molecule has 3 amide bonds. The number of aliphatic imine (C=N–C) groups is 2. The fourth-order valence-corrected chi connectivity index (χ4v) is 3.88. The predicted octanol–water partition coefficient (Wildman–Crippen LogP) is 1.43. The van der Waals surface area contributed by atoms with Crippen LogP contribution in [-0.2, 0) is 11.2 Å². The largest absolute Gasteiger partial charge is 0.446 e. The van der Waals surface area contributed by atoms with Crippen molar-refractivity contribution in [2.45, 2.75) is 19.3 Å². The summed E-state index contributed by atoms with van der Waals surface area (Å²) in [5.41, 5.74) is 1.67. The Bertz CT molecular complexity index is 864. The van der Waals surface area contributed by atoms with Crippen LogP contribution in [0.5, 0.6) is 0 Å². The lowest BCUT2D eigenvalue weighted by atomic mass is 9.90. The van der Waals surface area contributed by atoms with Crippen LogP contribution in [0.1, 0.15) is 18.4 Å². The molecule has 7 heteroatoms. The summed E-state index contributed by atoms with van der Waals surface area (Å²) in [5, 5.41) is 0. The van der Waals surface area contributed by atoms with Crippen LogP contribution in [0, 0.1) is 5.92 Å². The van der Waals surface area contributed by atoms with Crippen molar-refractivity contribution in [3.05, 3.63) is 35.9 Å². The van der Waals surface area contributed by atoms with Crippen molar-refractivity contribution in [2.24, 2.45) is 15.9 Å². The average molecular weight is 366 g/mol. The number of piperidine rings is 1. The number of imide groups is 1. The van der Waals surface area contributed by atoms with Gasteiger partial charge in [0.2, 0.25) is 11.5 Å². The number of amides is 3. The second kappa shape index (κ2) is 7.15. The van der Waals surface area contributed by atoms with Crippen LogP contribution in [0.15, 0.2) is 40.3 Å². The Balaban J connectivity index is 1.37. The van der Waals surface area contributed by atoms with Crippen molar-refractivity contribution in [3.8, 4) is 0 Å². The van der Waals surface area contributed by atoms with Crippen molar-refractivity contribution >= 4 is 29.3 Å². The summed E-state index contributed by atoms with van der Waals surface area (Å²) < 4.78 is 1.39. The molecule has 3 heterocycles. The van der Waals surface area contributed by atoms with Gasteiger partial charge in [0, 0.05) is 0 Å². The van der Waals surface area contributed by atoms with Gasteiger partial charge in [-0.3, -0.25) is 4.90 Å². The van der Waals surface area contributed by atoms with Crippen LogP contribution >= 0.6 is 0 Å². The molecular weight excluding hydrogens is 342 g/mol. The van der Waals surface area contributed by atoms with Crippen LogP contribution in [0.25, 0.3) is 0 Å². The zero-order valence-corrected chi connectivity index (χ0v) is 15.8. The van der Waals surface area contributed by atoms with Gasteiger partial charge in [-0.2, -0.15) is 9.48 Å². The summed E-state index contributed by atoms with van der Waals surface area (Å²) in [6.45, 7) is 2.61. The molecule has 1 aromatic carbocycles. The number of likely N-dealkylation sites (tertiary alicyclic amines) is 1. The van der Waals surface area contributed by atoms with Crippen molar-refractivity contribution < 1.29 is 14.2 Å². The molecule has 0 radical (unpaired) electrons. The third-order valence-electron chi connectivity index (χ3n) is 5.53. The number of benzene rings is 1. The summed E-state index contributed by atoms with van der Waals surface area (Å²) in [6, 6.07) is 10.3. The second-order valence-electron chi connectivity index (χ2n) is 7.43. The van der Waals surface area contributed by atoms with E-state index >= 15 is 0 Å². The molecule has 0 N–H and O–H groups in total. The van der Waals surface area contributed by atoms with E-state index in [1.807, 2.05) is 0 Å². The number of carbonyl (C=O) groups is 2. The van der Waals surface area contributed by atoms with Crippen LogP contribution in [0.2, 0.25) is 0 Å². The first-order valence-electron chi connectivity index (χ1n) is 9.38. The fraction of sp³-hybridized carbons (Fsp3) is 0.450. The van der Waals surface area contributed by atoms with Gasteiger partial charge in [0.05, 0.1) is 20.6 Å². The van der Waals surface area contributed by atoms with Crippen molar-refractivity contribution in [1.29, 1.82) is 0 Å². The smallest absolute Gasteiger partial charge is 0.295 e. The highest BCUT2D eigenvalue weighted by molar-refractivity contribution is 6.70. The highest BCUT2D eigenvalue weighted by Gasteiger charge is 2.44. The molecule has 27 heavy (non-hydrogen) atoms. The van der Waals surface area contributed by atoms with Gasteiger partial charge in [0.25, 0.3) is 0 Å². The van der Waals surface area contributed by atoms with E-state index < -0.39 is 0 Å². The van der Waals surface area contributed by atoms with Gasteiger partial charge in [0.15, 0.2) is 0 Å². The molecule has 140 valence electrons. The highest BCUT2D eigenvalue weighted by Crippen LogP contribution is 2.22. The normalized spacial score (nSPS) is 21.5. The number of nitrogens with zero attached hydrogens (tertiary/aromatic N) is 5. The van der Waals surface area contributed by atoms with Gasteiger partial charge in [-0.15, -0.1) is 0 Å². The predicted molar refractivity (Wildman–Crippen MR) is 104 cm³/mol. The van der Waals surface area contributed by atoms with E-state index in [9.17, 15) is 9.59 Å². The molecule has 7 nitrogen and oxygen atoms in total. The van der Waals surface area contributed by atoms with Gasteiger partial charge >= 0.3 is 17.8 Å². The standard InChI is InChI=1S/C20H24N5O2/c1-23-18-17(19(26)24(2)20(23)27)21-16(22-18)13-25-10-8-15(9-11-25)12-14-6-4-3-5-7-14/h3-7,15H,8-13H2,1-2H3/q+1. The summed E-state index contributed by atoms with van der Waals surface area (Å²) in [7, 11) is 3.09. The minimum atomic E-state index is -0.381. The van der Waals surface area contributed by atoms with Crippen molar-refractivity contribution in [2.75, 3.05) is 33.7 Å². The van der Waals surface area contributed by atoms with Crippen LogP contribution < -0.4 is 0 Å². The van der Waals surface area contributed by atoms with E-state index in [1.165, 1.54) is 17.2 Å². The molecule has 3 aliphatic rings. The Morgan fingerprint density at radius 2 is 1.81 bits per heavy atom. The first kappa shape index (κ1) is 17.7. The number of amidine groups is 2. The minimum absolute atomic E-state index is 0.272. The number of rotatable bonds is 4. The maximum absolute atomic E-state index is 12.3. The number of hydrogen-bond acceptors (Lipinski definition) is 5. The molecule has 1 saturated heterocycles. The first-order valence-corrected chi connectivity index (χ1v) is 9.38. The van der Waals surface area contributed by atoms with Gasteiger partial charge in [0.1, 0.15) is 0 Å². The molecule has 0 aliphatic carbocycles. The highest BCUT2D eigenvalue weighted by atomic mass is 16.2. The zero-order chi connectivity index (χ0) is 19.0. The monoisotopic (exact) mass is 366 g/mol. The molecule has 1 fully saturated rings. The average Bonchev–Trinajstić information content (AvgIpc) is 3.11. The van der Waals surface area contributed by atoms with E-state index in [4.69, 9.17) is 0 Å². The minimum Gasteiger partial charge on any atom is -0.295 e. The molecular formula is C20H24N5O2+. The Morgan fingerprint density at radius 1 is 1.11 bits per heavy atom. The number of fused-ring (bicyclic) bond motifs is 1. The van der Waals surface area contributed by atoms with Crippen molar-refractivity contribution in [3.63, 3.8) is 0 Å².